The SMILES string of the molecule is C[C@H]1C[C@H](C)CN(CCCOc2ccc(-c3ccn[nH]3)cc2)C1. The number of hydrogen-bond donors (Lipinski definition) is 1. The average Bonchev–Trinajstić information content (AvgIpc) is 3.06. The molecule has 3 rings (SSSR count). The van der Waals surface area contributed by atoms with Crippen molar-refractivity contribution in [3.05, 3.63) is 36.5 Å². The Labute approximate surface area is 138 Å². The minimum Gasteiger partial charge on any atom is -0.494 e. The third-order valence-electron chi connectivity index (χ3n) is 4.50. The lowest BCUT2D eigenvalue weighted by Gasteiger charge is -2.34. The summed E-state index contributed by atoms with van der Waals surface area (Å²) in [7, 11) is 0. The van der Waals surface area contributed by atoms with Crippen LogP contribution in [-0.4, -0.2) is 41.3 Å². The van der Waals surface area contributed by atoms with E-state index in [2.05, 4.69) is 41.1 Å². The number of rotatable bonds is 6. The number of ether oxygens (including phenoxy) is 1. The molecule has 1 aliphatic rings. The molecular weight excluding hydrogens is 286 g/mol. The van der Waals surface area contributed by atoms with Crippen molar-refractivity contribution in [2.24, 2.45) is 11.8 Å². The first-order chi connectivity index (χ1) is 11.2. The van der Waals surface area contributed by atoms with Crippen molar-refractivity contribution >= 4 is 0 Å². The molecule has 0 aliphatic carbocycles. The van der Waals surface area contributed by atoms with E-state index >= 15 is 0 Å². The first-order valence-electron chi connectivity index (χ1n) is 8.65. The van der Waals surface area contributed by atoms with Crippen molar-refractivity contribution in [3.8, 4) is 17.0 Å². The molecule has 0 saturated carbocycles. The van der Waals surface area contributed by atoms with E-state index in [4.69, 9.17) is 4.74 Å². The average molecular weight is 313 g/mol. The Morgan fingerprint density at radius 2 is 1.87 bits per heavy atom. The van der Waals surface area contributed by atoms with Gasteiger partial charge in [0.15, 0.2) is 0 Å². The van der Waals surface area contributed by atoms with Crippen LogP contribution in [0.5, 0.6) is 5.75 Å². The number of likely N-dealkylation sites (tertiary alicyclic amines) is 1. The van der Waals surface area contributed by atoms with Crippen LogP contribution < -0.4 is 4.74 Å². The maximum Gasteiger partial charge on any atom is 0.119 e. The van der Waals surface area contributed by atoms with Crippen LogP contribution in [0.1, 0.15) is 26.7 Å². The van der Waals surface area contributed by atoms with Crippen LogP contribution in [0.2, 0.25) is 0 Å². The molecule has 2 atom stereocenters. The highest BCUT2D eigenvalue weighted by Gasteiger charge is 2.20. The number of aromatic nitrogens is 2. The van der Waals surface area contributed by atoms with Gasteiger partial charge in [-0.1, -0.05) is 13.8 Å². The first kappa shape index (κ1) is 16.1. The van der Waals surface area contributed by atoms with E-state index in [1.54, 1.807) is 6.20 Å². The van der Waals surface area contributed by atoms with Crippen molar-refractivity contribution in [3.63, 3.8) is 0 Å². The topological polar surface area (TPSA) is 41.1 Å². The summed E-state index contributed by atoms with van der Waals surface area (Å²) in [6, 6.07) is 10.2. The summed E-state index contributed by atoms with van der Waals surface area (Å²) in [6.45, 7) is 9.12. The minimum atomic E-state index is 0.780. The normalized spacial score (nSPS) is 22.2. The van der Waals surface area contributed by atoms with Gasteiger partial charge in [0.1, 0.15) is 5.75 Å². The Kier molecular flexibility index (Phi) is 5.34. The highest BCUT2D eigenvalue weighted by molar-refractivity contribution is 5.59. The van der Waals surface area contributed by atoms with Crippen molar-refractivity contribution < 1.29 is 4.74 Å². The Morgan fingerprint density at radius 3 is 2.52 bits per heavy atom. The fourth-order valence-electron chi connectivity index (χ4n) is 3.60. The van der Waals surface area contributed by atoms with Gasteiger partial charge in [0, 0.05) is 25.8 Å². The summed E-state index contributed by atoms with van der Waals surface area (Å²) in [4.78, 5) is 2.59. The summed E-state index contributed by atoms with van der Waals surface area (Å²) >= 11 is 0. The molecule has 0 spiro atoms. The number of hydrogen-bond acceptors (Lipinski definition) is 3. The lowest BCUT2D eigenvalue weighted by Crippen LogP contribution is -2.39. The van der Waals surface area contributed by atoms with Gasteiger partial charge in [-0.3, -0.25) is 5.10 Å². The molecule has 2 aromatic rings. The molecule has 1 saturated heterocycles. The lowest BCUT2D eigenvalue weighted by atomic mass is 9.92. The van der Waals surface area contributed by atoms with Gasteiger partial charge in [-0.05, 0) is 60.6 Å². The fourth-order valence-corrected chi connectivity index (χ4v) is 3.60. The summed E-state index contributed by atoms with van der Waals surface area (Å²) in [6.07, 6.45) is 4.22. The largest absolute Gasteiger partial charge is 0.494 e. The van der Waals surface area contributed by atoms with E-state index in [0.29, 0.717) is 0 Å². The lowest BCUT2D eigenvalue weighted by molar-refractivity contribution is 0.132. The smallest absolute Gasteiger partial charge is 0.119 e. The second-order valence-corrected chi connectivity index (χ2v) is 6.90. The minimum absolute atomic E-state index is 0.780. The third-order valence-corrected chi connectivity index (χ3v) is 4.50. The van der Waals surface area contributed by atoms with Crippen molar-refractivity contribution in [2.75, 3.05) is 26.2 Å². The molecule has 124 valence electrons. The standard InChI is InChI=1S/C19H27N3O/c1-15-12-16(2)14-22(13-15)10-3-11-23-18-6-4-17(5-7-18)19-8-9-20-21-19/h4-9,15-16H,3,10-14H2,1-2H3,(H,20,21)/t15-,16-/m0/s1. The van der Waals surface area contributed by atoms with E-state index in [0.717, 1.165) is 48.4 Å². The number of nitrogens with one attached hydrogen (secondary N) is 1. The van der Waals surface area contributed by atoms with Crippen LogP contribution in [0, 0.1) is 11.8 Å². The van der Waals surface area contributed by atoms with Gasteiger partial charge in [-0.2, -0.15) is 5.10 Å². The molecular formula is C19H27N3O. The Bertz CT molecular complexity index is 569. The Balaban J connectivity index is 1.40. The summed E-state index contributed by atoms with van der Waals surface area (Å²) < 4.78 is 5.87. The van der Waals surface area contributed by atoms with Gasteiger partial charge in [0.2, 0.25) is 0 Å². The van der Waals surface area contributed by atoms with Crippen molar-refractivity contribution in [1.82, 2.24) is 15.1 Å². The number of H-pyrrole nitrogens is 1. The predicted octanol–water partition coefficient (Wildman–Crippen LogP) is 3.82. The van der Waals surface area contributed by atoms with Crippen LogP contribution >= 0.6 is 0 Å². The highest BCUT2D eigenvalue weighted by Crippen LogP contribution is 2.22. The zero-order valence-corrected chi connectivity index (χ0v) is 14.2. The van der Waals surface area contributed by atoms with E-state index in [1.165, 1.54) is 19.5 Å². The van der Waals surface area contributed by atoms with E-state index < -0.39 is 0 Å². The van der Waals surface area contributed by atoms with Crippen molar-refractivity contribution in [2.45, 2.75) is 26.7 Å². The Morgan fingerprint density at radius 1 is 1.13 bits per heavy atom. The molecule has 1 aromatic heterocycles. The Hall–Kier alpha value is -1.81. The van der Waals surface area contributed by atoms with Crippen molar-refractivity contribution in [1.29, 1.82) is 0 Å². The van der Waals surface area contributed by atoms with Crippen LogP contribution in [0.15, 0.2) is 36.5 Å². The van der Waals surface area contributed by atoms with Gasteiger partial charge < -0.3 is 9.64 Å². The molecule has 1 fully saturated rings. The maximum absolute atomic E-state index is 5.87. The van der Waals surface area contributed by atoms with Crippen LogP contribution in [0.25, 0.3) is 11.3 Å². The number of aromatic amines is 1. The van der Waals surface area contributed by atoms with Gasteiger partial charge in [-0.25, -0.2) is 0 Å². The highest BCUT2D eigenvalue weighted by atomic mass is 16.5. The third kappa shape index (κ3) is 4.58. The molecule has 2 heterocycles. The van der Waals surface area contributed by atoms with E-state index in [9.17, 15) is 0 Å². The van der Waals surface area contributed by atoms with Gasteiger partial charge in [-0.15, -0.1) is 0 Å². The van der Waals surface area contributed by atoms with E-state index in [-0.39, 0.29) is 0 Å². The summed E-state index contributed by atoms with van der Waals surface area (Å²) in [5, 5.41) is 6.95. The molecule has 4 nitrogen and oxygen atoms in total. The van der Waals surface area contributed by atoms with Gasteiger partial charge in [0.25, 0.3) is 0 Å². The second-order valence-electron chi connectivity index (χ2n) is 6.90. The summed E-state index contributed by atoms with van der Waals surface area (Å²) in [5.74, 6) is 2.60. The van der Waals surface area contributed by atoms with Crippen LogP contribution in [-0.2, 0) is 0 Å². The molecule has 1 aromatic carbocycles. The number of piperidine rings is 1. The fraction of sp³-hybridized carbons (Fsp3) is 0.526. The maximum atomic E-state index is 5.87. The molecule has 0 bridgehead atoms. The first-order valence-corrected chi connectivity index (χ1v) is 8.65. The van der Waals surface area contributed by atoms with E-state index in [1.807, 2.05) is 18.2 Å². The zero-order chi connectivity index (χ0) is 16.1. The van der Waals surface area contributed by atoms with Gasteiger partial charge >= 0.3 is 0 Å². The van der Waals surface area contributed by atoms with Gasteiger partial charge in [0.05, 0.1) is 12.3 Å². The molecule has 4 heteroatoms. The quantitative estimate of drug-likeness (QED) is 0.824. The number of nitrogens with zero attached hydrogens (tertiary/aromatic N) is 2. The predicted molar refractivity (Wildman–Crippen MR) is 93.5 cm³/mol. The molecule has 0 amide bonds. The monoisotopic (exact) mass is 313 g/mol. The molecule has 0 radical (unpaired) electrons. The molecule has 23 heavy (non-hydrogen) atoms. The van der Waals surface area contributed by atoms with Crippen LogP contribution in [0.4, 0.5) is 0 Å². The van der Waals surface area contributed by atoms with Crippen LogP contribution in [0.3, 0.4) is 0 Å². The molecule has 1 N–H and O–H groups in total. The number of benzene rings is 1. The molecule has 1 aliphatic heterocycles. The zero-order valence-electron chi connectivity index (χ0n) is 14.2. The second kappa shape index (κ2) is 7.64. The summed E-state index contributed by atoms with van der Waals surface area (Å²) in [5.41, 5.74) is 2.16. The molecule has 0 unspecified atom stereocenters.